The number of fused-ring (bicyclic) bond motifs is 1. The normalized spacial score (nSPS) is 17.2. The van der Waals surface area contributed by atoms with Gasteiger partial charge in [0.25, 0.3) is 5.91 Å². The van der Waals surface area contributed by atoms with Crippen LogP contribution in [-0.4, -0.2) is 53.3 Å². The first-order chi connectivity index (χ1) is 15.7. The molecule has 0 radical (unpaired) electrons. The van der Waals surface area contributed by atoms with Crippen molar-refractivity contribution in [2.45, 2.75) is 26.1 Å². The monoisotopic (exact) mass is 425 g/mol. The van der Waals surface area contributed by atoms with Gasteiger partial charge in [0.1, 0.15) is 0 Å². The van der Waals surface area contributed by atoms with Crippen molar-refractivity contribution in [3.8, 4) is 0 Å². The van der Waals surface area contributed by atoms with Gasteiger partial charge in [-0.15, -0.1) is 0 Å². The van der Waals surface area contributed by atoms with Crippen LogP contribution in [0.5, 0.6) is 0 Å². The first-order valence-corrected chi connectivity index (χ1v) is 11.7. The Hall–Kier alpha value is -2.95. The van der Waals surface area contributed by atoms with Gasteiger partial charge in [0, 0.05) is 57.9 Å². The second-order valence-electron chi connectivity index (χ2n) is 8.98. The molecule has 0 unspecified atom stereocenters. The lowest BCUT2D eigenvalue weighted by atomic mass is 9.99. The van der Waals surface area contributed by atoms with Crippen molar-refractivity contribution in [3.63, 3.8) is 0 Å². The Kier molecular flexibility index (Phi) is 6.33. The van der Waals surface area contributed by atoms with Crippen molar-refractivity contribution in [3.05, 3.63) is 107 Å². The summed E-state index contributed by atoms with van der Waals surface area (Å²) in [5, 5.41) is 0. The number of benzene rings is 3. The van der Waals surface area contributed by atoms with Crippen LogP contribution in [0.15, 0.2) is 78.9 Å². The highest BCUT2D eigenvalue weighted by molar-refractivity contribution is 5.94. The summed E-state index contributed by atoms with van der Waals surface area (Å²) in [6.07, 6.45) is 0.941. The van der Waals surface area contributed by atoms with E-state index >= 15 is 0 Å². The highest BCUT2D eigenvalue weighted by atomic mass is 16.2. The molecular formula is C28H31N3O. The van der Waals surface area contributed by atoms with Crippen LogP contribution >= 0.6 is 0 Å². The minimum Gasteiger partial charge on any atom is -0.334 e. The van der Waals surface area contributed by atoms with Gasteiger partial charge in [-0.25, -0.2) is 0 Å². The van der Waals surface area contributed by atoms with Crippen molar-refractivity contribution in [2.75, 3.05) is 32.7 Å². The minimum absolute atomic E-state index is 0.139. The first kappa shape index (κ1) is 20.9. The molecule has 3 aromatic rings. The van der Waals surface area contributed by atoms with E-state index in [2.05, 4.69) is 76.5 Å². The Morgan fingerprint density at radius 3 is 1.84 bits per heavy atom. The van der Waals surface area contributed by atoms with Crippen LogP contribution in [0.25, 0.3) is 0 Å². The number of rotatable bonds is 5. The number of nitrogens with zero attached hydrogens (tertiary/aromatic N) is 3. The van der Waals surface area contributed by atoms with E-state index in [-0.39, 0.29) is 5.91 Å². The van der Waals surface area contributed by atoms with Gasteiger partial charge in [-0.05, 0) is 40.8 Å². The standard InChI is InChI=1S/C28H31N3O/c32-28(31-15-14-25-8-4-5-9-27(25)22-31)26-12-10-24(11-13-26)21-30-18-16-29(17-19-30)20-23-6-2-1-3-7-23/h1-13H,14-22H2. The van der Waals surface area contributed by atoms with Crippen LogP contribution in [-0.2, 0) is 26.1 Å². The van der Waals surface area contributed by atoms with E-state index in [9.17, 15) is 4.79 Å². The van der Waals surface area contributed by atoms with E-state index in [1.807, 2.05) is 17.0 Å². The summed E-state index contributed by atoms with van der Waals surface area (Å²) in [6, 6.07) is 27.4. The zero-order valence-electron chi connectivity index (χ0n) is 18.6. The zero-order valence-corrected chi connectivity index (χ0v) is 18.6. The maximum absolute atomic E-state index is 13.0. The summed E-state index contributed by atoms with van der Waals surface area (Å²) in [7, 11) is 0. The van der Waals surface area contributed by atoms with Crippen LogP contribution < -0.4 is 0 Å². The molecule has 32 heavy (non-hydrogen) atoms. The highest BCUT2D eigenvalue weighted by Gasteiger charge is 2.22. The third-order valence-electron chi connectivity index (χ3n) is 6.74. The Labute approximate surface area is 191 Å². The van der Waals surface area contributed by atoms with Gasteiger partial charge >= 0.3 is 0 Å². The molecule has 2 aliphatic rings. The predicted molar refractivity (Wildman–Crippen MR) is 128 cm³/mol. The van der Waals surface area contributed by atoms with Crippen LogP contribution in [0.1, 0.15) is 32.6 Å². The van der Waals surface area contributed by atoms with Gasteiger partial charge in [0.15, 0.2) is 0 Å². The molecule has 0 aromatic heterocycles. The smallest absolute Gasteiger partial charge is 0.254 e. The fraction of sp³-hybridized carbons (Fsp3) is 0.321. The molecular weight excluding hydrogens is 394 g/mol. The molecule has 0 saturated carbocycles. The summed E-state index contributed by atoms with van der Waals surface area (Å²) in [6.45, 7) is 7.86. The molecule has 4 heteroatoms. The predicted octanol–water partition coefficient (Wildman–Crippen LogP) is 4.20. The molecule has 0 bridgehead atoms. The van der Waals surface area contributed by atoms with Gasteiger partial charge in [-0.2, -0.15) is 0 Å². The van der Waals surface area contributed by atoms with Crippen LogP contribution in [0.2, 0.25) is 0 Å². The number of hydrogen-bond donors (Lipinski definition) is 0. The van der Waals surface area contributed by atoms with Crippen molar-refractivity contribution < 1.29 is 4.79 Å². The van der Waals surface area contributed by atoms with E-state index in [0.717, 1.165) is 57.8 Å². The van der Waals surface area contributed by atoms with Gasteiger partial charge in [-0.1, -0.05) is 66.7 Å². The molecule has 0 N–H and O–H groups in total. The Morgan fingerprint density at radius 2 is 1.19 bits per heavy atom. The fourth-order valence-corrected chi connectivity index (χ4v) is 4.81. The maximum atomic E-state index is 13.0. The SMILES string of the molecule is O=C(c1ccc(CN2CCN(Cc3ccccc3)CC2)cc1)N1CCc2ccccc2C1. The van der Waals surface area contributed by atoms with E-state index in [0.29, 0.717) is 6.54 Å². The lowest BCUT2D eigenvalue weighted by Crippen LogP contribution is -2.45. The topological polar surface area (TPSA) is 26.8 Å². The molecule has 1 fully saturated rings. The molecule has 5 rings (SSSR count). The lowest BCUT2D eigenvalue weighted by Gasteiger charge is -2.34. The number of piperazine rings is 1. The molecule has 1 saturated heterocycles. The maximum Gasteiger partial charge on any atom is 0.254 e. The summed E-state index contributed by atoms with van der Waals surface area (Å²) in [5.41, 5.74) is 6.10. The first-order valence-electron chi connectivity index (χ1n) is 11.7. The Bertz CT molecular complexity index is 1040. The summed E-state index contributed by atoms with van der Waals surface area (Å²) < 4.78 is 0. The van der Waals surface area contributed by atoms with Crippen LogP contribution in [0, 0.1) is 0 Å². The quantitative estimate of drug-likeness (QED) is 0.613. The molecule has 1 amide bonds. The average molecular weight is 426 g/mol. The number of carbonyl (C=O) groups is 1. The minimum atomic E-state index is 0.139. The second-order valence-corrected chi connectivity index (χ2v) is 8.98. The average Bonchev–Trinajstić information content (AvgIpc) is 2.86. The summed E-state index contributed by atoms with van der Waals surface area (Å²) >= 11 is 0. The molecule has 0 spiro atoms. The Morgan fingerprint density at radius 1 is 0.625 bits per heavy atom. The second kappa shape index (κ2) is 9.68. The number of hydrogen-bond acceptors (Lipinski definition) is 3. The Balaban J connectivity index is 1.13. The lowest BCUT2D eigenvalue weighted by molar-refractivity contribution is 0.0734. The van der Waals surface area contributed by atoms with Gasteiger partial charge in [0.2, 0.25) is 0 Å². The van der Waals surface area contributed by atoms with E-state index in [1.165, 1.54) is 22.3 Å². The molecule has 2 aliphatic heterocycles. The molecule has 164 valence electrons. The van der Waals surface area contributed by atoms with E-state index in [1.54, 1.807) is 0 Å². The van der Waals surface area contributed by atoms with Crippen LogP contribution in [0.3, 0.4) is 0 Å². The zero-order chi connectivity index (χ0) is 21.8. The van der Waals surface area contributed by atoms with Crippen LogP contribution in [0.4, 0.5) is 0 Å². The number of carbonyl (C=O) groups excluding carboxylic acids is 1. The van der Waals surface area contributed by atoms with E-state index < -0.39 is 0 Å². The van der Waals surface area contributed by atoms with Crippen molar-refractivity contribution in [1.82, 2.24) is 14.7 Å². The van der Waals surface area contributed by atoms with Gasteiger partial charge in [-0.3, -0.25) is 14.6 Å². The third-order valence-corrected chi connectivity index (χ3v) is 6.74. The van der Waals surface area contributed by atoms with Gasteiger partial charge in [0.05, 0.1) is 0 Å². The molecule has 0 aliphatic carbocycles. The third kappa shape index (κ3) is 4.93. The van der Waals surface area contributed by atoms with Gasteiger partial charge < -0.3 is 4.90 Å². The van der Waals surface area contributed by atoms with E-state index in [4.69, 9.17) is 0 Å². The largest absolute Gasteiger partial charge is 0.334 e. The summed E-state index contributed by atoms with van der Waals surface area (Å²) in [5.74, 6) is 0.139. The fourth-order valence-electron chi connectivity index (χ4n) is 4.81. The summed E-state index contributed by atoms with van der Waals surface area (Å²) in [4.78, 5) is 20.0. The van der Waals surface area contributed by atoms with Crippen molar-refractivity contribution >= 4 is 5.91 Å². The highest BCUT2D eigenvalue weighted by Crippen LogP contribution is 2.21. The van der Waals surface area contributed by atoms with Crippen molar-refractivity contribution in [1.29, 1.82) is 0 Å². The molecule has 2 heterocycles. The molecule has 3 aromatic carbocycles. The van der Waals surface area contributed by atoms with Crippen molar-refractivity contribution in [2.24, 2.45) is 0 Å². The molecule has 4 nitrogen and oxygen atoms in total. The molecule has 0 atom stereocenters. The number of amides is 1.